The van der Waals surface area contributed by atoms with Crippen LogP contribution in [0.15, 0.2) is 23.3 Å². The molecule has 62 valence electrons. The third-order valence-corrected chi connectivity index (χ3v) is 1.42. The molecule has 0 aromatic heterocycles. The van der Waals surface area contributed by atoms with Gasteiger partial charge in [-0.15, -0.1) is 0 Å². The van der Waals surface area contributed by atoms with E-state index in [9.17, 15) is 4.79 Å². The summed E-state index contributed by atoms with van der Waals surface area (Å²) in [5.41, 5.74) is 2.08. The molecule has 0 amide bonds. The van der Waals surface area contributed by atoms with Crippen LogP contribution in [0.3, 0.4) is 0 Å². The van der Waals surface area contributed by atoms with Crippen molar-refractivity contribution in [1.82, 2.24) is 0 Å². The van der Waals surface area contributed by atoms with Crippen LogP contribution in [0.1, 0.15) is 27.2 Å². The molecule has 0 fully saturated rings. The fourth-order valence-corrected chi connectivity index (χ4v) is 0.804. The van der Waals surface area contributed by atoms with Crippen LogP contribution in [-0.2, 0) is 4.79 Å². The number of carboxylic acids is 1. The number of hydrogen-bond donors (Lipinski definition) is 1. The molecule has 0 radical (unpaired) electrons. The van der Waals surface area contributed by atoms with E-state index in [1.54, 1.807) is 0 Å². The van der Waals surface area contributed by atoms with Crippen molar-refractivity contribution >= 4 is 5.97 Å². The minimum absolute atomic E-state index is 0.753. The molecule has 1 N–H and O–H groups in total. The van der Waals surface area contributed by atoms with E-state index in [1.807, 2.05) is 26.8 Å². The van der Waals surface area contributed by atoms with Gasteiger partial charge < -0.3 is 5.11 Å². The zero-order chi connectivity index (χ0) is 8.85. The molecule has 0 aliphatic rings. The first-order valence-electron chi connectivity index (χ1n) is 3.58. The van der Waals surface area contributed by atoms with Gasteiger partial charge in [0.05, 0.1) is 0 Å². The molecule has 0 atom stereocenters. The molecule has 0 unspecified atom stereocenters. The third kappa shape index (κ3) is 5.40. The molecule has 0 aliphatic carbocycles. The highest BCUT2D eigenvalue weighted by molar-refractivity contribution is 5.80. The lowest BCUT2D eigenvalue weighted by Gasteiger charge is -1.98. The van der Waals surface area contributed by atoms with Gasteiger partial charge in [-0.05, 0) is 27.2 Å². The molecule has 0 aromatic rings. The van der Waals surface area contributed by atoms with Gasteiger partial charge in [-0.2, -0.15) is 0 Å². The molecule has 0 bridgehead atoms. The van der Waals surface area contributed by atoms with Crippen LogP contribution in [0.25, 0.3) is 0 Å². The van der Waals surface area contributed by atoms with Gasteiger partial charge in [0.15, 0.2) is 0 Å². The first kappa shape index (κ1) is 9.95. The van der Waals surface area contributed by atoms with Crippen molar-refractivity contribution in [3.05, 3.63) is 23.3 Å². The largest absolute Gasteiger partial charge is 0.478 e. The predicted molar refractivity (Wildman–Crippen MR) is 45.4 cm³/mol. The van der Waals surface area contributed by atoms with Crippen molar-refractivity contribution < 1.29 is 9.90 Å². The van der Waals surface area contributed by atoms with E-state index >= 15 is 0 Å². The monoisotopic (exact) mass is 154 g/mol. The van der Waals surface area contributed by atoms with Crippen molar-refractivity contribution in [2.24, 2.45) is 0 Å². The summed E-state index contributed by atoms with van der Waals surface area (Å²) in [7, 11) is 0. The second-order valence-electron chi connectivity index (χ2n) is 2.64. The minimum atomic E-state index is -0.869. The van der Waals surface area contributed by atoms with Crippen molar-refractivity contribution in [1.29, 1.82) is 0 Å². The van der Waals surface area contributed by atoms with Gasteiger partial charge >= 0.3 is 5.97 Å². The SMILES string of the molecule is C/C=C(\C)C/C(C)=C\C(=O)O. The molecule has 0 spiro atoms. The normalized spacial score (nSPS) is 13.4. The maximum Gasteiger partial charge on any atom is 0.328 e. The van der Waals surface area contributed by atoms with Crippen LogP contribution in [0.4, 0.5) is 0 Å². The summed E-state index contributed by atoms with van der Waals surface area (Å²) in [6.45, 7) is 5.75. The van der Waals surface area contributed by atoms with Crippen molar-refractivity contribution in [2.75, 3.05) is 0 Å². The van der Waals surface area contributed by atoms with Crippen LogP contribution in [0.2, 0.25) is 0 Å². The Labute approximate surface area is 67.2 Å². The third-order valence-electron chi connectivity index (χ3n) is 1.42. The van der Waals surface area contributed by atoms with Crippen LogP contribution in [0.5, 0.6) is 0 Å². The molecular weight excluding hydrogens is 140 g/mol. The fraction of sp³-hybridized carbons (Fsp3) is 0.444. The molecule has 0 aromatic carbocycles. The summed E-state index contributed by atoms with van der Waals surface area (Å²) >= 11 is 0. The second kappa shape index (κ2) is 4.72. The highest BCUT2D eigenvalue weighted by atomic mass is 16.4. The van der Waals surface area contributed by atoms with Crippen LogP contribution < -0.4 is 0 Å². The van der Waals surface area contributed by atoms with Gasteiger partial charge in [-0.3, -0.25) is 0 Å². The van der Waals surface area contributed by atoms with E-state index in [0.29, 0.717) is 0 Å². The van der Waals surface area contributed by atoms with Crippen LogP contribution in [0, 0.1) is 0 Å². The quantitative estimate of drug-likeness (QED) is 0.500. The summed E-state index contributed by atoms with van der Waals surface area (Å²) in [5, 5.41) is 8.37. The van der Waals surface area contributed by atoms with Gasteiger partial charge in [0.25, 0.3) is 0 Å². The lowest BCUT2D eigenvalue weighted by atomic mass is 10.1. The zero-order valence-corrected chi connectivity index (χ0v) is 7.22. The van der Waals surface area contributed by atoms with Crippen LogP contribution in [-0.4, -0.2) is 11.1 Å². The van der Waals surface area contributed by atoms with E-state index in [1.165, 1.54) is 11.6 Å². The Bertz CT molecular complexity index is 200. The highest BCUT2D eigenvalue weighted by Gasteiger charge is 1.94. The van der Waals surface area contributed by atoms with Gasteiger partial charge in [-0.1, -0.05) is 17.2 Å². The minimum Gasteiger partial charge on any atom is -0.478 e. The molecule has 11 heavy (non-hydrogen) atoms. The Hall–Kier alpha value is -1.05. The highest BCUT2D eigenvalue weighted by Crippen LogP contribution is 2.08. The van der Waals surface area contributed by atoms with Crippen molar-refractivity contribution in [3.8, 4) is 0 Å². The average molecular weight is 154 g/mol. The number of rotatable bonds is 3. The fourth-order valence-electron chi connectivity index (χ4n) is 0.804. The average Bonchev–Trinajstić information content (AvgIpc) is 1.85. The molecule has 0 rings (SSSR count). The summed E-state index contributed by atoms with van der Waals surface area (Å²) in [6.07, 6.45) is 3.98. The van der Waals surface area contributed by atoms with Gasteiger partial charge in [0.1, 0.15) is 0 Å². The Balaban J connectivity index is 4.07. The van der Waals surface area contributed by atoms with E-state index in [0.717, 1.165) is 12.0 Å². The lowest BCUT2D eigenvalue weighted by Crippen LogP contribution is -1.90. The molecular formula is C9H14O2. The Morgan fingerprint density at radius 1 is 1.36 bits per heavy atom. The van der Waals surface area contributed by atoms with E-state index < -0.39 is 5.97 Å². The first-order chi connectivity index (χ1) is 5.06. The van der Waals surface area contributed by atoms with Crippen molar-refractivity contribution in [3.63, 3.8) is 0 Å². The summed E-state index contributed by atoms with van der Waals surface area (Å²) in [4.78, 5) is 10.2. The number of allylic oxidation sites excluding steroid dienone is 3. The molecule has 0 aliphatic heterocycles. The number of hydrogen-bond acceptors (Lipinski definition) is 1. The molecule has 0 heterocycles. The maximum atomic E-state index is 10.2. The smallest absolute Gasteiger partial charge is 0.328 e. The lowest BCUT2D eigenvalue weighted by molar-refractivity contribution is -0.131. The summed E-state index contributed by atoms with van der Waals surface area (Å²) < 4.78 is 0. The van der Waals surface area contributed by atoms with Gasteiger partial charge in [0, 0.05) is 6.08 Å². The molecule has 0 saturated carbocycles. The molecule has 2 heteroatoms. The molecule has 2 nitrogen and oxygen atoms in total. The second-order valence-corrected chi connectivity index (χ2v) is 2.64. The Morgan fingerprint density at radius 3 is 2.27 bits per heavy atom. The van der Waals surface area contributed by atoms with Crippen LogP contribution >= 0.6 is 0 Å². The predicted octanol–water partition coefficient (Wildman–Crippen LogP) is 2.37. The first-order valence-corrected chi connectivity index (χ1v) is 3.58. The Kier molecular flexibility index (Phi) is 4.27. The van der Waals surface area contributed by atoms with E-state index in [2.05, 4.69) is 0 Å². The van der Waals surface area contributed by atoms with E-state index in [4.69, 9.17) is 5.11 Å². The Morgan fingerprint density at radius 2 is 1.91 bits per heavy atom. The van der Waals surface area contributed by atoms with Crippen molar-refractivity contribution in [2.45, 2.75) is 27.2 Å². The van der Waals surface area contributed by atoms with Gasteiger partial charge in [0.2, 0.25) is 0 Å². The number of aliphatic carboxylic acids is 1. The van der Waals surface area contributed by atoms with Gasteiger partial charge in [-0.25, -0.2) is 4.79 Å². The maximum absolute atomic E-state index is 10.2. The standard InChI is InChI=1S/C9H14O2/c1-4-7(2)5-8(3)6-9(10)11/h4,6H,5H2,1-3H3,(H,10,11)/b7-4+,8-6-. The number of carbonyl (C=O) groups is 1. The zero-order valence-electron chi connectivity index (χ0n) is 7.22. The topological polar surface area (TPSA) is 37.3 Å². The molecule has 0 saturated heterocycles. The van der Waals surface area contributed by atoms with E-state index in [-0.39, 0.29) is 0 Å². The summed E-state index contributed by atoms with van der Waals surface area (Å²) in [6, 6.07) is 0. The number of carboxylic acid groups (broad SMARTS) is 1. The summed E-state index contributed by atoms with van der Waals surface area (Å²) in [5.74, 6) is -0.869.